The Morgan fingerprint density at radius 3 is 1.00 bits per heavy atom. The van der Waals surface area contributed by atoms with Crippen molar-refractivity contribution in [1.29, 1.82) is 0 Å². The van der Waals surface area contributed by atoms with Gasteiger partial charge < -0.3 is 0 Å². The molecule has 0 heteroatoms. The summed E-state index contributed by atoms with van der Waals surface area (Å²) in [7, 11) is 0. The molecule has 2 aliphatic rings. The highest BCUT2D eigenvalue weighted by molar-refractivity contribution is 5.95. The van der Waals surface area contributed by atoms with E-state index in [1.165, 1.54) is 100 Å². The summed E-state index contributed by atoms with van der Waals surface area (Å²) in [5.41, 5.74) is 24.5. The third-order valence-corrected chi connectivity index (χ3v) is 11.2. The number of rotatable bonds is 3. The van der Waals surface area contributed by atoms with E-state index in [2.05, 4.69) is 165 Å². The quantitative estimate of drug-likeness (QED) is 0.191. The molecule has 0 nitrogen and oxygen atoms in total. The first kappa shape index (κ1) is 28.8. The molecule has 0 N–H and O–H groups in total. The lowest BCUT2D eigenvalue weighted by molar-refractivity contribution is 0.660. The van der Waals surface area contributed by atoms with E-state index >= 15 is 0 Å². The third kappa shape index (κ3) is 3.92. The van der Waals surface area contributed by atoms with E-state index in [-0.39, 0.29) is 10.8 Å². The first-order valence-electron chi connectivity index (χ1n) is 16.7. The van der Waals surface area contributed by atoms with Crippen molar-refractivity contribution in [3.05, 3.63) is 154 Å². The lowest BCUT2D eigenvalue weighted by atomic mass is 9.81. The Morgan fingerprint density at radius 2 is 0.630 bits per heavy atom. The smallest absolute Gasteiger partial charge is 0.0159 e. The van der Waals surface area contributed by atoms with Gasteiger partial charge in [0.1, 0.15) is 0 Å². The zero-order valence-corrected chi connectivity index (χ0v) is 28.4. The van der Waals surface area contributed by atoms with Gasteiger partial charge in [0.25, 0.3) is 0 Å². The van der Waals surface area contributed by atoms with Gasteiger partial charge in [-0.3, -0.25) is 0 Å². The SMILES string of the molecule is Cc1cc(-c2cccc3c2-c2ccccc2C3(C)C)cc(C)c1-c1c(C)cc(-c2cccc3c2-c2ccccc2C3(C)C)cc1C. The number of hydrogen-bond acceptors (Lipinski definition) is 0. The van der Waals surface area contributed by atoms with Crippen LogP contribution in [0.4, 0.5) is 0 Å². The Hall–Kier alpha value is -4.68. The molecule has 0 saturated heterocycles. The van der Waals surface area contributed by atoms with Crippen molar-refractivity contribution < 1.29 is 0 Å². The fraction of sp³-hybridized carbons (Fsp3) is 0.217. The summed E-state index contributed by atoms with van der Waals surface area (Å²) in [6.07, 6.45) is 0. The van der Waals surface area contributed by atoms with Crippen LogP contribution in [0.25, 0.3) is 55.6 Å². The van der Waals surface area contributed by atoms with Gasteiger partial charge >= 0.3 is 0 Å². The van der Waals surface area contributed by atoms with Crippen molar-refractivity contribution in [1.82, 2.24) is 0 Å². The van der Waals surface area contributed by atoms with Crippen LogP contribution < -0.4 is 0 Å². The number of fused-ring (bicyclic) bond motifs is 6. The van der Waals surface area contributed by atoms with Crippen LogP contribution in [0.2, 0.25) is 0 Å². The molecule has 0 saturated carbocycles. The van der Waals surface area contributed by atoms with Crippen molar-refractivity contribution in [2.75, 3.05) is 0 Å². The Balaban J connectivity index is 1.25. The van der Waals surface area contributed by atoms with Crippen LogP contribution in [0.5, 0.6) is 0 Å². The molecule has 0 fully saturated rings. The van der Waals surface area contributed by atoms with Gasteiger partial charge in [-0.1, -0.05) is 137 Å². The topological polar surface area (TPSA) is 0 Å². The highest BCUT2D eigenvalue weighted by Crippen LogP contribution is 2.54. The minimum absolute atomic E-state index is 0.00135. The number of benzene rings is 6. The summed E-state index contributed by atoms with van der Waals surface area (Å²) >= 11 is 0. The average molecular weight is 595 g/mol. The van der Waals surface area contributed by atoms with Gasteiger partial charge in [-0.15, -0.1) is 0 Å². The van der Waals surface area contributed by atoms with E-state index in [0.29, 0.717) is 0 Å². The van der Waals surface area contributed by atoms with Crippen LogP contribution in [-0.2, 0) is 10.8 Å². The largest absolute Gasteiger partial charge is 0.0619 e. The van der Waals surface area contributed by atoms with Crippen molar-refractivity contribution in [3.8, 4) is 55.6 Å². The second-order valence-electron chi connectivity index (χ2n) is 14.8. The normalized spacial score (nSPS) is 14.9. The first-order chi connectivity index (χ1) is 22.0. The molecule has 0 heterocycles. The second kappa shape index (κ2) is 9.91. The van der Waals surface area contributed by atoms with Gasteiger partial charge in [0, 0.05) is 10.8 Å². The molecular formula is C46H42. The Bertz CT molecular complexity index is 2030. The Labute approximate surface area is 274 Å². The highest BCUT2D eigenvalue weighted by atomic mass is 14.4. The van der Waals surface area contributed by atoms with Crippen LogP contribution in [0.15, 0.2) is 109 Å². The summed E-state index contributed by atoms with van der Waals surface area (Å²) in [5.74, 6) is 0. The molecule has 46 heavy (non-hydrogen) atoms. The van der Waals surface area contributed by atoms with Crippen LogP contribution in [0.3, 0.4) is 0 Å². The zero-order valence-electron chi connectivity index (χ0n) is 28.4. The molecule has 6 aromatic rings. The van der Waals surface area contributed by atoms with E-state index in [1.807, 2.05) is 0 Å². The van der Waals surface area contributed by atoms with Crippen LogP contribution in [0.1, 0.15) is 72.2 Å². The van der Waals surface area contributed by atoms with Crippen LogP contribution >= 0.6 is 0 Å². The lowest BCUT2D eigenvalue weighted by Gasteiger charge is -2.22. The maximum atomic E-state index is 2.42. The minimum Gasteiger partial charge on any atom is -0.0619 e. The summed E-state index contributed by atoms with van der Waals surface area (Å²) in [5, 5.41) is 0. The van der Waals surface area contributed by atoms with Crippen molar-refractivity contribution in [2.24, 2.45) is 0 Å². The minimum atomic E-state index is -0.00135. The van der Waals surface area contributed by atoms with Crippen molar-refractivity contribution in [2.45, 2.75) is 66.2 Å². The Kier molecular flexibility index (Phi) is 6.20. The predicted molar refractivity (Wildman–Crippen MR) is 197 cm³/mol. The fourth-order valence-corrected chi connectivity index (χ4v) is 9.02. The zero-order chi connectivity index (χ0) is 32.1. The van der Waals surface area contributed by atoms with Gasteiger partial charge in [0.05, 0.1) is 0 Å². The molecule has 0 spiro atoms. The molecule has 0 aliphatic heterocycles. The third-order valence-electron chi connectivity index (χ3n) is 11.2. The number of hydrogen-bond donors (Lipinski definition) is 0. The maximum Gasteiger partial charge on any atom is 0.0159 e. The molecule has 0 radical (unpaired) electrons. The van der Waals surface area contributed by atoms with E-state index in [0.717, 1.165) is 0 Å². The van der Waals surface area contributed by atoms with E-state index in [1.54, 1.807) is 0 Å². The summed E-state index contributed by atoms with van der Waals surface area (Å²) in [6, 6.07) is 41.4. The molecular weight excluding hydrogens is 553 g/mol. The van der Waals surface area contributed by atoms with Crippen molar-refractivity contribution >= 4 is 0 Å². The molecule has 2 aliphatic carbocycles. The van der Waals surface area contributed by atoms with Gasteiger partial charge in [-0.2, -0.15) is 0 Å². The molecule has 0 unspecified atom stereocenters. The molecule has 0 bridgehead atoms. The monoisotopic (exact) mass is 594 g/mol. The van der Waals surface area contributed by atoms with Gasteiger partial charge in [0.2, 0.25) is 0 Å². The molecule has 0 atom stereocenters. The average Bonchev–Trinajstić information content (AvgIpc) is 3.42. The highest BCUT2D eigenvalue weighted by Gasteiger charge is 2.38. The second-order valence-corrected chi connectivity index (χ2v) is 14.8. The van der Waals surface area contributed by atoms with E-state index in [9.17, 15) is 0 Å². The molecule has 0 amide bonds. The van der Waals surface area contributed by atoms with E-state index in [4.69, 9.17) is 0 Å². The van der Waals surface area contributed by atoms with Crippen LogP contribution in [0, 0.1) is 27.7 Å². The molecule has 6 aromatic carbocycles. The van der Waals surface area contributed by atoms with E-state index < -0.39 is 0 Å². The van der Waals surface area contributed by atoms with Gasteiger partial charge in [-0.05, 0) is 128 Å². The van der Waals surface area contributed by atoms with Gasteiger partial charge in [0.15, 0.2) is 0 Å². The predicted octanol–water partition coefficient (Wildman–Crippen LogP) is 12.5. The van der Waals surface area contributed by atoms with Gasteiger partial charge in [-0.25, -0.2) is 0 Å². The standard InChI is InChI=1S/C46H42/c1-27-23-31(33-17-13-21-39-43(33)35-15-9-11-19-37(35)45(39,5)6)24-28(2)41(27)42-29(3)25-32(26-30(42)4)34-18-14-22-40-44(34)36-16-10-12-20-38(36)46(40,7)8/h9-26H,1-8H3. The first-order valence-corrected chi connectivity index (χ1v) is 16.7. The lowest BCUT2D eigenvalue weighted by Crippen LogP contribution is -2.14. The summed E-state index contributed by atoms with van der Waals surface area (Å²) in [4.78, 5) is 0. The number of aryl methyl sites for hydroxylation is 4. The van der Waals surface area contributed by atoms with Crippen molar-refractivity contribution in [3.63, 3.8) is 0 Å². The molecule has 8 rings (SSSR count). The summed E-state index contributed by atoms with van der Waals surface area (Å²) < 4.78 is 0. The molecule has 0 aromatic heterocycles. The molecule has 226 valence electrons. The fourth-order valence-electron chi connectivity index (χ4n) is 9.02. The van der Waals surface area contributed by atoms with Crippen LogP contribution in [-0.4, -0.2) is 0 Å². The Morgan fingerprint density at radius 1 is 0.326 bits per heavy atom. The maximum absolute atomic E-state index is 2.42. The summed E-state index contributed by atoms with van der Waals surface area (Å²) in [6.45, 7) is 18.6.